The van der Waals surface area contributed by atoms with E-state index in [0.717, 1.165) is 19.4 Å². The fourth-order valence-corrected chi connectivity index (χ4v) is 0.540. The zero-order valence-corrected chi connectivity index (χ0v) is 11.6. The molecular formula is C7H21NO6P2. The molecule has 0 radical (unpaired) electrons. The van der Waals surface area contributed by atoms with Crippen molar-refractivity contribution in [2.45, 2.75) is 12.8 Å². The third-order valence-electron chi connectivity index (χ3n) is 1.50. The second-order valence-corrected chi connectivity index (χ2v) is 10.1. The second kappa shape index (κ2) is 8.37. The van der Waals surface area contributed by atoms with Crippen LogP contribution < -0.4 is 0 Å². The van der Waals surface area contributed by atoms with Gasteiger partial charge in [-0.1, -0.05) is 0 Å². The fraction of sp³-hybridized carbons (Fsp3) is 1.00. The summed E-state index contributed by atoms with van der Waals surface area (Å²) < 4.78 is 19.9. The second-order valence-electron chi connectivity index (χ2n) is 3.58. The molecule has 0 bridgehead atoms. The van der Waals surface area contributed by atoms with Crippen molar-refractivity contribution in [2.24, 2.45) is 0 Å². The van der Waals surface area contributed by atoms with E-state index in [0.29, 0.717) is 13.3 Å². The van der Waals surface area contributed by atoms with Crippen molar-refractivity contribution in [1.29, 1.82) is 0 Å². The predicted octanol–water partition coefficient (Wildman–Crippen LogP) is 0.300. The third kappa shape index (κ3) is 12.3. The largest absolute Gasteiger partial charge is 0.407 e. The van der Waals surface area contributed by atoms with Crippen LogP contribution in [0.25, 0.3) is 0 Å². The molecule has 0 aromatic carbocycles. The Balaban J connectivity index is 0. The highest BCUT2D eigenvalue weighted by Crippen LogP contribution is 2.71. The lowest BCUT2D eigenvalue weighted by Crippen LogP contribution is -2.12. The maximum atomic E-state index is 10.0. The van der Waals surface area contributed by atoms with E-state index in [4.69, 9.17) is 19.8 Å². The molecule has 0 amide bonds. The predicted molar refractivity (Wildman–Crippen MR) is 62.7 cm³/mol. The quantitative estimate of drug-likeness (QED) is 0.421. The maximum Gasteiger partial charge on any atom is 0.407 e. The van der Waals surface area contributed by atoms with Gasteiger partial charge in [-0.3, -0.25) is 4.57 Å². The highest BCUT2D eigenvalue weighted by Gasteiger charge is 2.33. The first-order chi connectivity index (χ1) is 7.02. The first-order valence-corrected chi connectivity index (χ1v) is 9.06. The van der Waals surface area contributed by atoms with Gasteiger partial charge in [-0.2, -0.15) is 0 Å². The summed E-state index contributed by atoms with van der Waals surface area (Å²) in [5, 5.41) is 8.36. The van der Waals surface area contributed by atoms with Gasteiger partial charge in [0.2, 0.25) is 0 Å². The molecule has 0 fully saturated rings. The van der Waals surface area contributed by atoms with Gasteiger partial charge in [0.05, 0.1) is 0 Å². The average Bonchev–Trinajstić information content (AvgIpc) is 2.01. The molecule has 0 spiro atoms. The Kier molecular flexibility index (Phi) is 9.74. The molecule has 0 aliphatic rings. The van der Waals surface area contributed by atoms with Gasteiger partial charge in [0.25, 0.3) is 0 Å². The van der Waals surface area contributed by atoms with Crippen LogP contribution in [0.4, 0.5) is 0 Å². The van der Waals surface area contributed by atoms with Crippen molar-refractivity contribution < 1.29 is 28.9 Å². The fourth-order valence-electron chi connectivity index (χ4n) is 0.540. The van der Waals surface area contributed by atoms with E-state index >= 15 is 0 Å². The summed E-state index contributed by atoms with van der Waals surface area (Å²) >= 11 is 0. The van der Waals surface area contributed by atoms with Crippen molar-refractivity contribution in [3.05, 3.63) is 0 Å². The molecule has 0 aromatic rings. The topological polar surface area (TPSA) is 118 Å². The molecule has 1 unspecified atom stereocenters. The van der Waals surface area contributed by atoms with Crippen molar-refractivity contribution in [3.63, 3.8) is 0 Å². The summed E-state index contributed by atoms with van der Waals surface area (Å²) in [6.45, 7) is 2.03. The van der Waals surface area contributed by atoms with Crippen LogP contribution in [0.2, 0.25) is 0 Å². The number of aliphatic hydroxyl groups is 1. The lowest BCUT2D eigenvalue weighted by atomic mass is 10.3. The summed E-state index contributed by atoms with van der Waals surface area (Å²) in [7, 11) is -4.84. The Hall–Kier alpha value is 0.260. The van der Waals surface area contributed by atoms with Crippen LogP contribution in [-0.4, -0.2) is 58.6 Å². The molecular weight excluding hydrogens is 256 g/mol. The van der Waals surface area contributed by atoms with E-state index in [-0.39, 0.29) is 0 Å². The molecule has 0 saturated heterocycles. The van der Waals surface area contributed by atoms with Gasteiger partial charge < -0.3 is 24.7 Å². The van der Waals surface area contributed by atoms with Gasteiger partial charge in [-0.25, -0.2) is 4.57 Å². The number of hydrogen-bond donors (Lipinski definition) is 4. The van der Waals surface area contributed by atoms with Gasteiger partial charge in [0, 0.05) is 13.3 Å². The molecule has 9 heteroatoms. The molecule has 100 valence electrons. The monoisotopic (exact) mass is 277 g/mol. The highest BCUT2D eigenvalue weighted by molar-refractivity contribution is 8.28. The summed E-state index contributed by atoms with van der Waals surface area (Å²) in [5.41, 5.74) is 0. The number of rotatable bonds is 5. The maximum absolute atomic E-state index is 10.0. The summed E-state index contributed by atoms with van der Waals surface area (Å²) in [6, 6.07) is 0. The minimum absolute atomic E-state index is 0.327. The van der Waals surface area contributed by atoms with Crippen LogP contribution in [-0.2, 0) is 9.13 Å². The van der Waals surface area contributed by atoms with E-state index in [1.165, 1.54) is 0 Å². The van der Waals surface area contributed by atoms with E-state index in [1.54, 1.807) is 0 Å². The van der Waals surface area contributed by atoms with Gasteiger partial charge in [-0.15, -0.1) is 0 Å². The first kappa shape index (κ1) is 18.6. The normalized spacial score (nSPS) is 15.2. The van der Waals surface area contributed by atoms with Crippen LogP contribution in [0.5, 0.6) is 0 Å². The van der Waals surface area contributed by atoms with Crippen LogP contribution in [0.3, 0.4) is 0 Å². The molecule has 0 aromatic heterocycles. The smallest absolute Gasteiger partial charge is 0.396 e. The Morgan fingerprint density at radius 1 is 1.06 bits per heavy atom. The molecule has 7 nitrogen and oxygen atoms in total. The Morgan fingerprint density at radius 3 is 1.62 bits per heavy atom. The molecule has 16 heavy (non-hydrogen) atoms. The van der Waals surface area contributed by atoms with E-state index in [9.17, 15) is 9.13 Å². The van der Waals surface area contributed by atoms with Crippen molar-refractivity contribution >= 4 is 14.3 Å². The molecule has 4 N–H and O–H groups in total. The van der Waals surface area contributed by atoms with E-state index < -0.39 is 14.3 Å². The summed E-state index contributed by atoms with van der Waals surface area (Å²) in [6.07, 6.45) is 2.03. The minimum Gasteiger partial charge on any atom is -0.396 e. The highest BCUT2D eigenvalue weighted by atomic mass is 32.1. The number of hydrogen-bond acceptors (Lipinski definition) is 4. The van der Waals surface area contributed by atoms with Gasteiger partial charge in [0.1, 0.15) is 0 Å². The van der Waals surface area contributed by atoms with Crippen molar-refractivity contribution in [2.75, 3.05) is 33.9 Å². The zero-order valence-electron chi connectivity index (χ0n) is 9.78. The van der Waals surface area contributed by atoms with Gasteiger partial charge in [0.15, 0.2) is 0 Å². The standard InChI is InChI=1S/C6H15NO.CH6O5P2/c1-7(2)5-3-4-6-8;1-7(2,3)8(4,5)6/h8H,3-6H2,1-2H3;1H3,(H,2,3)(H2,4,5,6). The molecule has 0 aliphatic carbocycles. The molecule has 0 heterocycles. The lowest BCUT2D eigenvalue weighted by molar-refractivity contribution is 0.273. The Labute approximate surface area is 95.6 Å². The minimum atomic E-state index is -4.74. The van der Waals surface area contributed by atoms with Crippen LogP contribution >= 0.6 is 14.3 Å². The van der Waals surface area contributed by atoms with Crippen LogP contribution in [0.1, 0.15) is 12.8 Å². The number of unbranched alkanes of at least 4 members (excludes halogenated alkanes) is 1. The number of nitrogens with zero attached hydrogens (tertiary/aromatic N) is 1. The Bertz CT molecular complexity index is 238. The number of aliphatic hydroxyl groups excluding tert-OH is 1. The summed E-state index contributed by atoms with van der Waals surface area (Å²) in [4.78, 5) is 26.2. The van der Waals surface area contributed by atoms with Gasteiger partial charge >= 0.3 is 14.3 Å². The SMILES string of the molecule is CN(C)CCCCO.CP(=O)(O)P(=O)(O)O. The summed E-state index contributed by atoms with van der Waals surface area (Å²) in [5.74, 6) is 0. The molecule has 0 saturated carbocycles. The van der Waals surface area contributed by atoms with E-state index in [2.05, 4.69) is 4.90 Å². The van der Waals surface area contributed by atoms with Crippen molar-refractivity contribution in [1.82, 2.24) is 4.90 Å². The van der Waals surface area contributed by atoms with E-state index in [1.807, 2.05) is 14.1 Å². The van der Waals surface area contributed by atoms with Crippen LogP contribution in [0, 0.1) is 0 Å². The third-order valence-corrected chi connectivity index (χ3v) is 5.36. The van der Waals surface area contributed by atoms with Crippen molar-refractivity contribution in [3.8, 4) is 0 Å². The zero-order chi connectivity index (χ0) is 13.4. The lowest BCUT2D eigenvalue weighted by Gasteiger charge is -2.06. The molecule has 1 atom stereocenters. The molecule has 0 rings (SSSR count). The van der Waals surface area contributed by atoms with Crippen LogP contribution in [0.15, 0.2) is 0 Å². The molecule has 0 aliphatic heterocycles. The Morgan fingerprint density at radius 2 is 1.44 bits per heavy atom. The van der Waals surface area contributed by atoms with Gasteiger partial charge in [-0.05, 0) is 33.5 Å². The average molecular weight is 277 g/mol. The first-order valence-electron chi connectivity index (χ1n) is 4.64.